The standard InChI is InChI=1S/C28H31ClN6O5/c1-16-22(14-34(2)33-16)32-26(36)13-20-8-9-23-25(40-20)15-39-24-10-7-19(12-21(24)27(37)35(23)3)31-28(38)30-18-6-4-5-17(29)11-18/h4-7,10-12,14,20,23,25H,8-9,13,15H2,1-3H3,(H,32,36)(H2,30,31,38)/t20-,23-,25-/m1/s1. The Hall–Kier alpha value is -4.09. The molecule has 5 rings (SSSR count). The zero-order valence-corrected chi connectivity index (χ0v) is 23.2. The van der Waals surface area contributed by atoms with Crippen LogP contribution in [0.5, 0.6) is 5.75 Å². The zero-order valence-electron chi connectivity index (χ0n) is 22.4. The first-order valence-electron chi connectivity index (χ1n) is 13.0. The molecule has 2 aromatic carbocycles. The molecule has 11 nitrogen and oxygen atoms in total. The minimum absolute atomic E-state index is 0.152. The SMILES string of the molecule is Cc1nn(C)cc1NC(=O)C[C@H]1CC[C@@H]2[C@@H](COc3ccc(NC(=O)Nc4cccc(Cl)c4)cc3C(=O)N2C)O1. The van der Waals surface area contributed by atoms with Crippen LogP contribution in [-0.4, -0.2) is 64.4 Å². The summed E-state index contributed by atoms with van der Waals surface area (Å²) in [5.74, 6) is 0.00239. The van der Waals surface area contributed by atoms with E-state index in [0.29, 0.717) is 46.2 Å². The zero-order chi connectivity index (χ0) is 28.4. The van der Waals surface area contributed by atoms with Crippen molar-refractivity contribution >= 4 is 46.5 Å². The molecule has 3 N–H and O–H groups in total. The van der Waals surface area contributed by atoms with Crippen LogP contribution in [-0.2, 0) is 16.6 Å². The second-order valence-electron chi connectivity index (χ2n) is 10.0. The molecule has 0 spiro atoms. The molecule has 1 fully saturated rings. The molecule has 2 aliphatic rings. The van der Waals surface area contributed by atoms with Crippen molar-refractivity contribution < 1.29 is 23.9 Å². The van der Waals surface area contributed by atoms with Gasteiger partial charge in [0.1, 0.15) is 18.5 Å². The number of nitrogens with one attached hydrogen (secondary N) is 3. The number of hydrogen-bond acceptors (Lipinski definition) is 6. The molecule has 2 aliphatic heterocycles. The van der Waals surface area contributed by atoms with Crippen molar-refractivity contribution in [1.29, 1.82) is 0 Å². The highest BCUT2D eigenvalue weighted by atomic mass is 35.5. The highest BCUT2D eigenvalue weighted by Gasteiger charge is 2.39. The Morgan fingerprint density at radius 1 is 1.07 bits per heavy atom. The summed E-state index contributed by atoms with van der Waals surface area (Å²) in [4.78, 5) is 40.3. The first-order valence-corrected chi connectivity index (χ1v) is 13.4. The van der Waals surface area contributed by atoms with E-state index in [2.05, 4.69) is 21.0 Å². The van der Waals surface area contributed by atoms with Gasteiger partial charge in [-0.25, -0.2) is 4.79 Å². The number of rotatable bonds is 5. The number of benzene rings is 2. The number of ether oxygens (including phenoxy) is 2. The molecule has 1 aromatic heterocycles. The van der Waals surface area contributed by atoms with Gasteiger partial charge in [0.05, 0.1) is 35.5 Å². The molecule has 3 atom stereocenters. The number of halogens is 1. The molecule has 0 bridgehead atoms. The molecule has 3 heterocycles. The third-order valence-electron chi connectivity index (χ3n) is 7.05. The monoisotopic (exact) mass is 566 g/mol. The van der Waals surface area contributed by atoms with Crippen molar-refractivity contribution in [3.8, 4) is 5.75 Å². The van der Waals surface area contributed by atoms with E-state index in [9.17, 15) is 14.4 Å². The first kappa shape index (κ1) is 27.5. The number of aryl methyl sites for hydroxylation is 2. The summed E-state index contributed by atoms with van der Waals surface area (Å²) >= 11 is 5.98. The molecular weight excluding hydrogens is 536 g/mol. The number of carbonyl (C=O) groups is 3. The predicted molar refractivity (Wildman–Crippen MR) is 151 cm³/mol. The van der Waals surface area contributed by atoms with E-state index in [4.69, 9.17) is 21.1 Å². The van der Waals surface area contributed by atoms with E-state index in [1.807, 2.05) is 6.92 Å². The summed E-state index contributed by atoms with van der Waals surface area (Å²) in [5, 5.41) is 13.1. The topological polar surface area (TPSA) is 127 Å². The van der Waals surface area contributed by atoms with E-state index in [0.717, 1.165) is 5.69 Å². The fraction of sp³-hybridized carbons (Fsp3) is 0.357. The quantitative estimate of drug-likeness (QED) is 0.419. The third-order valence-corrected chi connectivity index (χ3v) is 7.29. The van der Waals surface area contributed by atoms with Crippen molar-refractivity contribution in [2.75, 3.05) is 29.6 Å². The van der Waals surface area contributed by atoms with Gasteiger partial charge in [-0.05, 0) is 56.2 Å². The predicted octanol–water partition coefficient (Wildman–Crippen LogP) is 4.44. The van der Waals surface area contributed by atoms with Crippen molar-refractivity contribution in [2.45, 2.75) is 44.4 Å². The summed E-state index contributed by atoms with van der Waals surface area (Å²) in [5.41, 5.74) is 2.74. The fourth-order valence-electron chi connectivity index (χ4n) is 5.10. The van der Waals surface area contributed by atoms with Gasteiger partial charge in [0.25, 0.3) is 5.91 Å². The van der Waals surface area contributed by atoms with Gasteiger partial charge in [-0.3, -0.25) is 14.3 Å². The van der Waals surface area contributed by atoms with Gasteiger partial charge in [-0.1, -0.05) is 17.7 Å². The smallest absolute Gasteiger partial charge is 0.323 e. The molecule has 0 unspecified atom stereocenters. The molecule has 40 heavy (non-hydrogen) atoms. The first-order chi connectivity index (χ1) is 19.2. The summed E-state index contributed by atoms with van der Waals surface area (Å²) in [7, 11) is 3.54. The Balaban J connectivity index is 1.23. The van der Waals surface area contributed by atoms with Crippen LogP contribution in [0.4, 0.5) is 21.9 Å². The van der Waals surface area contributed by atoms with Crippen LogP contribution in [0.1, 0.15) is 35.3 Å². The Labute approximate surface area is 236 Å². The van der Waals surface area contributed by atoms with Crippen LogP contribution in [0.15, 0.2) is 48.7 Å². The maximum atomic E-state index is 13.5. The highest BCUT2D eigenvalue weighted by molar-refractivity contribution is 6.30. The van der Waals surface area contributed by atoms with Crippen LogP contribution in [0.25, 0.3) is 0 Å². The molecule has 1 saturated heterocycles. The van der Waals surface area contributed by atoms with Crippen LogP contribution < -0.4 is 20.7 Å². The second-order valence-corrected chi connectivity index (χ2v) is 10.5. The van der Waals surface area contributed by atoms with Crippen LogP contribution in [0.2, 0.25) is 5.02 Å². The number of anilines is 3. The maximum absolute atomic E-state index is 13.5. The number of carbonyl (C=O) groups excluding carboxylic acids is 3. The lowest BCUT2D eigenvalue weighted by Gasteiger charge is -2.42. The molecule has 0 aliphatic carbocycles. The summed E-state index contributed by atoms with van der Waals surface area (Å²) in [6.45, 7) is 2.06. The van der Waals surface area contributed by atoms with Gasteiger partial charge < -0.3 is 30.3 Å². The molecule has 12 heteroatoms. The van der Waals surface area contributed by atoms with E-state index >= 15 is 0 Å². The molecule has 3 aromatic rings. The molecular formula is C28H31ClN6O5. The van der Waals surface area contributed by atoms with Crippen LogP contribution >= 0.6 is 11.6 Å². The number of urea groups is 1. The van der Waals surface area contributed by atoms with E-state index in [1.54, 1.807) is 72.3 Å². The average molecular weight is 567 g/mol. The van der Waals surface area contributed by atoms with Gasteiger partial charge >= 0.3 is 6.03 Å². The number of aromatic nitrogens is 2. The number of nitrogens with zero attached hydrogens (tertiary/aromatic N) is 3. The Bertz CT molecular complexity index is 1440. The van der Waals surface area contributed by atoms with Gasteiger partial charge in [-0.15, -0.1) is 0 Å². The Morgan fingerprint density at radius 3 is 2.58 bits per heavy atom. The highest BCUT2D eigenvalue weighted by Crippen LogP contribution is 2.33. The normalized spacial score (nSPS) is 20.4. The van der Waals surface area contributed by atoms with Crippen LogP contribution in [0.3, 0.4) is 0 Å². The fourth-order valence-corrected chi connectivity index (χ4v) is 5.29. The number of amides is 4. The minimum atomic E-state index is -0.468. The van der Waals surface area contributed by atoms with Crippen molar-refractivity contribution in [1.82, 2.24) is 14.7 Å². The Morgan fingerprint density at radius 2 is 1.85 bits per heavy atom. The van der Waals surface area contributed by atoms with Crippen molar-refractivity contribution in [3.05, 3.63) is 64.9 Å². The largest absolute Gasteiger partial charge is 0.490 e. The number of fused-ring (bicyclic) bond motifs is 2. The van der Waals surface area contributed by atoms with E-state index < -0.39 is 12.1 Å². The van der Waals surface area contributed by atoms with Crippen molar-refractivity contribution in [2.24, 2.45) is 7.05 Å². The lowest BCUT2D eigenvalue weighted by Crippen LogP contribution is -2.53. The third kappa shape index (κ3) is 6.21. The molecule has 210 valence electrons. The Kier molecular flexibility index (Phi) is 7.95. The average Bonchev–Trinajstić information content (AvgIpc) is 3.22. The summed E-state index contributed by atoms with van der Waals surface area (Å²) in [6.07, 6.45) is 2.55. The van der Waals surface area contributed by atoms with Gasteiger partial charge in [0.15, 0.2) is 0 Å². The molecule has 0 saturated carbocycles. The summed E-state index contributed by atoms with van der Waals surface area (Å²) in [6, 6.07) is 11.0. The van der Waals surface area contributed by atoms with E-state index in [-0.39, 0.29) is 37.0 Å². The van der Waals surface area contributed by atoms with Crippen molar-refractivity contribution in [3.63, 3.8) is 0 Å². The second kappa shape index (κ2) is 11.6. The van der Waals surface area contributed by atoms with Crippen LogP contribution in [0, 0.1) is 6.92 Å². The molecule has 0 radical (unpaired) electrons. The minimum Gasteiger partial charge on any atom is -0.490 e. The van der Waals surface area contributed by atoms with Gasteiger partial charge in [0, 0.05) is 36.7 Å². The van der Waals surface area contributed by atoms with E-state index in [1.165, 1.54) is 0 Å². The maximum Gasteiger partial charge on any atom is 0.323 e. The lowest BCUT2D eigenvalue weighted by molar-refractivity contribution is -0.130. The lowest BCUT2D eigenvalue weighted by atomic mass is 9.94. The molecule has 4 amide bonds. The number of hydrogen-bond donors (Lipinski definition) is 3. The van der Waals surface area contributed by atoms with Gasteiger partial charge in [0.2, 0.25) is 5.91 Å². The number of likely N-dealkylation sites (N-methyl/N-ethyl adjacent to an activating group) is 1. The van der Waals surface area contributed by atoms with Gasteiger partial charge in [-0.2, -0.15) is 5.10 Å². The summed E-state index contributed by atoms with van der Waals surface area (Å²) < 4.78 is 13.9.